The molecule has 0 radical (unpaired) electrons. The molecule has 0 atom stereocenters. The summed E-state index contributed by atoms with van der Waals surface area (Å²) in [5.74, 6) is -0.480. The van der Waals surface area contributed by atoms with Gasteiger partial charge in [0.15, 0.2) is 0 Å². The highest BCUT2D eigenvalue weighted by atomic mass is 16.7. The number of aromatic carboxylic acids is 1. The highest BCUT2D eigenvalue weighted by molar-refractivity contribution is 5.95. The third-order valence-corrected chi connectivity index (χ3v) is 6.01. The summed E-state index contributed by atoms with van der Waals surface area (Å²) in [5.41, 5.74) is 2.66. The van der Waals surface area contributed by atoms with Crippen LogP contribution in [0.2, 0.25) is 0 Å². The van der Waals surface area contributed by atoms with Gasteiger partial charge in [-0.05, 0) is 30.0 Å². The summed E-state index contributed by atoms with van der Waals surface area (Å²) in [5, 5.41) is 14.3. The second-order valence-electron chi connectivity index (χ2n) is 8.30. The third-order valence-electron chi connectivity index (χ3n) is 6.01. The van der Waals surface area contributed by atoms with E-state index in [1.165, 1.54) is 12.3 Å². The topological polar surface area (TPSA) is 99.4 Å². The highest BCUT2D eigenvalue weighted by Crippen LogP contribution is 2.30. The molecule has 3 aromatic rings. The molecule has 1 aromatic carbocycles. The molecule has 34 heavy (non-hydrogen) atoms. The number of methoxy groups -OCH3 is 2. The molecule has 0 aliphatic heterocycles. The number of aromatic nitrogens is 4. The Morgan fingerprint density at radius 3 is 2.38 bits per heavy atom. The smallest absolute Gasteiger partial charge is 0.336 e. The summed E-state index contributed by atoms with van der Waals surface area (Å²) >= 11 is 0. The van der Waals surface area contributed by atoms with Gasteiger partial charge in [0.2, 0.25) is 11.6 Å². The SMILES string of the molecule is CCCCc1nc(C(CCCC)(OC)OC)nn1Cc1ccc(-c2cnccc2C(=O)O)cc1. The molecular formula is C26H34N4O4. The van der Waals surface area contributed by atoms with E-state index in [0.717, 1.165) is 49.1 Å². The number of ether oxygens (including phenoxy) is 2. The second kappa shape index (κ2) is 11.9. The third kappa shape index (κ3) is 5.69. The molecule has 2 aromatic heterocycles. The molecular weight excluding hydrogens is 432 g/mol. The van der Waals surface area contributed by atoms with Crippen molar-refractivity contribution in [2.24, 2.45) is 0 Å². The summed E-state index contributed by atoms with van der Waals surface area (Å²) in [4.78, 5) is 20.5. The largest absolute Gasteiger partial charge is 0.478 e. The number of benzene rings is 1. The first kappa shape index (κ1) is 25.5. The Morgan fingerprint density at radius 2 is 1.76 bits per heavy atom. The summed E-state index contributed by atoms with van der Waals surface area (Å²) < 4.78 is 13.5. The van der Waals surface area contributed by atoms with E-state index in [1.54, 1.807) is 20.4 Å². The van der Waals surface area contributed by atoms with Crippen molar-refractivity contribution in [2.75, 3.05) is 14.2 Å². The van der Waals surface area contributed by atoms with Crippen molar-refractivity contribution in [2.45, 2.75) is 64.7 Å². The van der Waals surface area contributed by atoms with Crippen LogP contribution in [0, 0.1) is 0 Å². The summed E-state index contributed by atoms with van der Waals surface area (Å²) in [7, 11) is 3.27. The van der Waals surface area contributed by atoms with Crippen molar-refractivity contribution in [1.29, 1.82) is 0 Å². The van der Waals surface area contributed by atoms with E-state index in [-0.39, 0.29) is 5.56 Å². The van der Waals surface area contributed by atoms with Gasteiger partial charge in [0.25, 0.3) is 0 Å². The Hall–Kier alpha value is -3.10. The van der Waals surface area contributed by atoms with Gasteiger partial charge in [-0.2, -0.15) is 0 Å². The maximum absolute atomic E-state index is 11.6. The molecule has 182 valence electrons. The van der Waals surface area contributed by atoms with Gasteiger partial charge >= 0.3 is 5.97 Å². The zero-order valence-corrected chi connectivity index (χ0v) is 20.5. The van der Waals surface area contributed by atoms with Gasteiger partial charge in [-0.1, -0.05) is 51.0 Å². The number of hydrogen-bond donors (Lipinski definition) is 1. The fraction of sp³-hybridized carbons (Fsp3) is 0.462. The number of carboxylic acid groups (broad SMARTS) is 1. The predicted molar refractivity (Wildman–Crippen MR) is 130 cm³/mol. The normalized spacial score (nSPS) is 11.6. The first-order valence-corrected chi connectivity index (χ1v) is 11.8. The first-order chi connectivity index (χ1) is 16.5. The van der Waals surface area contributed by atoms with Crippen LogP contribution in [0.3, 0.4) is 0 Å². The Morgan fingerprint density at radius 1 is 1.06 bits per heavy atom. The van der Waals surface area contributed by atoms with E-state index < -0.39 is 11.8 Å². The van der Waals surface area contributed by atoms with Gasteiger partial charge in [0.1, 0.15) is 5.82 Å². The molecule has 0 saturated heterocycles. The van der Waals surface area contributed by atoms with Crippen LogP contribution in [-0.4, -0.2) is 45.0 Å². The Labute approximate surface area is 201 Å². The van der Waals surface area contributed by atoms with Gasteiger partial charge < -0.3 is 14.6 Å². The minimum atomic E-state index is -0.972. The van der Waals surface area contributed by atoms with Gasteiger partial charge in [-0.3, -0.25) is 4.98 Å². The van der Waals surface area contributed by atoms with Crippen LogP contribution in [0.15, 0.2) is 42.7 Å². The number of carboxylic acids is 1. The zero-order chi connectivity index (χ0) is 24.6. The number of pyridine rings is 1. The molecule has 0 amide bonds. The molecule has 0 bridgehead atoms. The van der Waals surface area contributed by atoms with Crippen LogP contribution in [0.1, 0.15) is 73.5 Å². The van der Waals surface area contributed by atoms with Crippen LogP contribution in [0.25, 0.3) is 11.1 Å². The molecule has 0 aliphatic carbocycles. The molecule has 0 saturated carbocycles. The van der Waals surface area contributed by atoms with Crippen LogP contribution >= 0.6 is 0 Å². The molecule has 2 heterocycles. The van der Waals surface area contributed by atoms with Gasteiger partial charge in [-0.15, -0.1) is 5.10 Å². The molecule has 0 fully saturated rings. The molecule has 1 N–H and O–H groups in total. The summed E-state index contributed by atoms with van der Waals surface area (Å²) in [6.45, 7) is 4.83. The summed E-state index contributed by atoms with van der Waals surface area (Å²) in [6, 6.07) is 9.31. The van der Waals surface area contributed by atoms with E-state index in [1.807, 2.05) is 28.9 Å². The van der Waals surface area contributed by atoms with E-state index in [9.17, 15) is 9.90 Å². The second-order valence-corrected chi connectivity index (χ2v) is 8.30. The monoisotopic (exact) mass is 466 g/mol. The summed E-state index contributed by atoms with van der Waals surface area (Å²) in [6.07, 6.45) is 8.59. The fourth-order valence-electron chi connectivity index (χ4n) is 3.95. The number of unbranched alkanes of at least 4 members (excludes halogenated alkanes) is 2. The van der Waals surface area contributed by atoms with E-state index in [0.29, 0.717) is 24.4 Å². The number of hydrogen-bond acceptors (Lipinski definition) is 6. The number of rotatable bonds is 13. The molecule has 8 nitrogen and oxygen atoms in total. The number of nitrogens with zero attached hydrogens (tertiary/aromatic N) is 4. The van der Waals surface area contributed by atoms with Gasteiger partial charge in [0.05, 0.1) is 12.1 Å². The lowest BCUT2D eigenvalue weighted by molar-refractivity contribution is -0.226. The van der Waals surface area contributed by atoms with E-state index in [4.69, 9.17) is 19.6 Å². The molecule has 0 aliphatic rings. The average Bonchev–Trinajstić information content (AvgIpc) is 3.27. The predicted octanol–water partition coefficient (Wildman–Crippen LogP) is 5.07. The minimum Gasteiger partial charge on any atom is -0.478 e. The Bertz CT molecular complexity index is 1070. The standard InChI is InChI=1S/C26H34N4O4/c1-5-7-9-23-28-25(26(33-3,34-4)15-8-6-2)29-30(23)18-19-10-12-20(13-11-19)22-17-27-16-14-21(22)24(31)32/h10-14,16-17H,5-9,15,18H2,1-4H3,(H,31,32). The van der Waals surface area contributed by atoms with Crippen molar-refractivity contribution < 1.29 is 19.4 Å². The zero-order valence-electron chi connectivity index (χ0n) is 20.5. The number of carbonyl (C=O) groups is 1. The van der Waals surface area contributed by atoms with E-state index >= 15 is 0 Å². The Balaban J connectivity index is 1.90. The van der Waals surface area contributed by atoms with Crippen molar-refractivity contribution in [3.63, 3.8) is 0 Å². The van der Waals surface area contributed by atoms with Gasteiger partial charge in [0, 0.05) is 45.0 Å². The van der Waals surface area contributed by atoms with E-state index in [2.05, 4.69) is 18.8 Å². The van der Waals surface area contributed by atoms with Crippen LogP contribution in [-0.2, 0) is 28.2 Å². The molecule has 8 heteroatoms. The highest BCUT2D eigenvalue weighted by Gasteiger charge is 2.37. The lowest BCUT2D eigenvalue weighted by atomic mass is 10.0. The lowest BCUT2D eigenvalue weighted by Gasteiger charge is -2.27. The first-order valence-electron chi connectivity index (χ1n) is 11.8. The Kier molecular flexibility index (Phi) is 8.90. The van der Waals surface area contributed by atoms with Crippen LogP contribution in [0.4, 0.5) is 0 Å². The van der Waals surface area contributed by atoms with Crippen molar-refractivity contribution >= 4 is 5.97 Å². The van der Waals surface area contributed by atoms with Gasteiger partial charge in [-0.25, -0.2) is 14.5 Å². The number of aryl methyl sites for hydroxylation is 1. The molecule has 0 unspecified atom stereocenters. The fourth-order valence-corrected chi connectivity index (χ4v) is 3.95. The van der Waals surface area contributed by atoms with Crippen molar-refractivity contribution in [3.8, 4) is 11.1 Å². The quantitative estimate of drug-likeness (QED) is 0.351. The molecule has 3 rings (SSSR count). The molecule has 0 spiro atoms. The maximum Gasteiger partial charge on any atom is 0.336 e. The van der Waals surface area contributed by atoms with Crippen molar-refractivity contribution in [3.05, 3.63) is 65.5 Å². The van der Waals surface area contributed by atoms with Crippen molar-refractivity contribution in [1.82, 2.24) is 19.7 Å². The minimum absolute atomic E-state index is 0.230. The van der Waals surface area contributed by atoms with Crippen LogP contribution < -0.4 is 0 Å². The average molecular weight is 467 g/mol. The maximum atomic E-state index is 11.6. The van der Waals surface area contributed by atoms with Crippen LogP contribution in [0.5, 0.6) is 0 Å². The lowest BCUT2D eigenvalue weighted by Crippen LogP contribution is -2.32.